The van der Waals surface area contributed by atoms with Gasteiger partial charge in [-0.3, -0.25) is 9.78 Å². The molecule has 1 unspecified atom stereocenters. The van der Waals surface area contributed by atoms with Crippen molar-refractivity contribution >= 4 is 77.4 Å². The second kappa shape index (κ2) is 16.0. The summed E-state index contributed by atoms with van der Waals surface area (Å²) in [5, 5.41) is 21.5. The zero-order valence-electron chi connectivity index (χ0n) is 34.6. The number of pyridine rings is 1. The Balaban J connectivity index is 0.000000137. The van der Waals surface area contributed by atoms with Gasteiger partial charge in [-0.2, -0.15) is 0 Å². The number of aromatic hydroxyl groups is 1. The second-order valence-corrected chi connectivity index (χ2v) is 18.1. The van der Waals surface area contributed by atoms with Gasteiger partial charge in [0.05, 0.1) is 16.5 Å². The van der Waals surface area contributed by atoms with E-state index in [4.69, 9.17) is 0 Å². The molecule has 0 saturated heterocycles. The third-order valence-electron chi connectivity index (χ3n) is 11.4. The van der Waals surface area contributed by atoms with Crippen LogP contribution in [0.4, 0.5) is 0 Å². The number of aromatic amines is 1. The first kappa shape index (κ1) is 39.1. The van der Waals surface area contributed by atoms with Crippen molar-refractivity contribution in [1.82, 2.24) is 9.97 Å². The highest BCUT2D eigenvalue weighted by Gasteiger charge is 2.22. The van der Waals surface area contributed by atoms with Gasteiger partial charge in [0, 0.05) is 47.5 Å². The molecule has 1 aliphatic rings. The number of carbonyl (C=O) groups is 1. The minimum absolute atomic E-state index is 0.176. The lowest BCUT2D eigenvalue weighted by atomic mass is 9.92. The van der Waals surface area contributed by atoms with Crippen molar-refractivity contribution in [1.29, 1.82) is 0 Å². The van der Waals surface area contributed by atoms with Gasteiger partial charge in [-0.1, -0.05) is 91.7 Å². The predicted molar refractivity (Wildman–Crippen MR) is 253 cm³/mol. The Morgan fingerprint density at radius 1 is 0.633 bits per heavy atom. The number of fused-ring (bicyclic) bond motifs is 2. The fourth-order valence-electron chi connectivity index (χ4n) is 8.24. The van der Waals surface area contributed by atoms with Crippen LogP contribution in [0.5, 0.6) is 5.88 Å². The number of rotatable bonds is 5. The zero-order chi connectivity index (χ0) is 41.7. The summed E-state index contributed by atoms with van der Waals surface area (Å²) in [7, 11) is 0. The van der Waals surface area contributed by atoms with E-state index in [1.54, 1.807) is 22.7 Å². The number of benzene rings is 6. The number of aromatic nitrogens is 2. The minimum Gasteiger partial charge on any atom is -0.494 e. The number of aryl methyl sites for hydroxylation is 4. The third kappa shape index (κ3) is 7.40. The van der Waals surface area contributed by atoms with E-state index in [2.05, 4.69) is 115 Å². The molecule has 60 heavy (non-hydrogen) atoms. The molecule has 296 valence electrons. The van der Waals surface area contributed by atoms with Gasteiger partial charge < -0.3 is 10.1 Å². The Kier molecular flexibility index (Phi) is 10.4. The summed E-state index contributed by atoms with van der Waals surface area (Å²) < 4.78 is 0. The van der Waals surface area contributed by atoms with Gasteiger partial charge in [-0.25, -0.2) is 4.99 Å². The monoisotopic (exact) mass is 819 g/mol. The van der Waals surface area contributed by atoms with Gasteiger partial charge in [0.25, 0.3) is 5.91 Å². The quantitative estimate of drug-likeness (QED) is 0.170. The molecule has 0 aliphatic carbocycles. The van der Waals surface area contributed by atoms with E-state index in [9.17, 15) is 9.90 Å². The largest absolute Gasteiger partial charge is 0.494 e. The molecule has 5 heterocycles. The van der Waals surface area contributed by atoms with Crippen molar-refractivity contribution in [3.8, 4) is 26.1 Å². The van der Waals surface area contributed by atoms with Crippen molar-refractivity contribution in [2.45, 2.75) is 53.9 Å². The summed E-state index contributed by atoms with van der Waals surface area (Å²) in [5.74, 6) is 0.609. The molecule has 0 radical (unpaired) electrons. The number of thiophene rings is 2. The molecule has 1 amide bonds. The molecule has 1 aliphatic heterocycles. The Morgan fingerprint density at radius 3 is 1.80 bits per heavy atom. The first-order valence-corrected chi connectivity index (χ1v) is 22.0. The molecule has 0 fully saturated rings. The van der Waals surface area contributed by atoms with Crippen LogP contribution < -0.4 is 10.6 Å². The Labute approximate surface area is 357 Å². The van der Waals surface area contributed by atoms with Crippen molar-refractivity contribution in [3.63, 3.8) is 0 Å². The highest BCUT2D eigenvalue weighted by atomic mass is 32.1. The van der Waals surface area contributed by atoms with Gasteiger partial charge in [-0.05, 0) is 144 Å². The van der Waals surface area contributed by atoms with Gasteiger partial charge in [0.15, 0.2) is 5.88 Å². The summed E-state index contributed by atoms with van der Waals surface area (Å²) in [6.07, 6.45) is 3.01. The maximum absolute atomic E-state index is 12.6. The molecule has 11 rings (SSSR count). The van der Waals surface area contributed by atoms with E-state index < -0.39 is 0 Å². The number of carbonyl (C=O) groups excluding carboxylic acids is 1. The topological polar surface area (TPSA) is 78.3 Å². The molecule has 0 spiro atoms. The first-order chi connectivity index (χ1) is 29.0. The lowest BCUT2D eigenvalue weighted by Crippen LogP contribution is -2.23. The van der Waals surface area contributed by atoms with E-state index in [0.29, 0.717) is 11.5 Å². The van der Waals surface area contributed by atoms with Crippen molar-refractivity contribution in [3.05, 3.63) is 177 Å². The predicted octanol–water partition coefficient (Wildman–Crippen LogP) is 13.1. The highest BCUT2D eigenvalue weighted by Crippen LogP contribution is 2.44. The molecule has 4 aromatic heterocycles. The molecular formula is C53H45N3O2S2. The normalized spacial score (nSPS) is 12.7. The lowest BCUT2D eigenvalue weighted by Gasteiger charge is -2.12. The third-order valence-corrected chi connectivity index (χ3v) is 13.8. The fraction of sp³-hybridized carbons (Fsp3) is 0.151. The van der Waals surface area contributed by atoms with Crippen molar-refractivity contribution in [2.24, 2.45) is 4.99 Å². The number of nitrogens with one attached hydrogen (secondary N) is 1. The fourth-order valence-corrected chi connectivity index (χ4v) is 10.5. The summed E-state index contributed by atoms with van der Waals surface area (Å²) >= 11 is 3.24. The van der Waals surface area contributed by atoms with E-state index in [0.717, 1.165) is 64.1 Å². The first-order valence-electron chi connectivity index (χ1n) is 20.4. The van der Waals surface area contributed by atoms with Crippen LogP contribution in [0.3, 0.4) is 0 Å². The van der Waals surface area contributed by atoms with Crippen LogP contribution in [-0.2, 0) is 4.79 Å². The Morgan fingerprint density at radius 2 is 1.20 bits per heavy atom. The summed E-state index contributed by atoms with van der Waals surface area (Å²) in [6.45, 7) is 12.8. The van der Waals surface area contributed by atoms with Crippen molar-refractivity contribution in [2.75, 3.05) is 0 Å². The maximum Gasteiger partial charge on any atom is 0.279 e. The molecule has 7 heteroatoms. The Bertz CT molecular complexity index is 3210. The van der Waals surface area contributed by atoms with Crippen LogP contribution in [0.15, 0.2) is 139 Å². The Hall–Kier alpha value is -6.41. The van der Waals surface area contributed by atoms with Crippen LogP contribution in [0, 0.1) is 27.7 Å². The molecule has 5 nitrogen and oxygen atoms in total. The average Bonchev–Trinajstić information content (AvgIpc) is 4.05. The molecule has 10 aromatic rings. The standard InChI is InChI=1S/C26H18N2O2S2.C18H14.C9H13N/c1-13-3-5-17-15(11-13)23(25(29)27-17)21-9-7-19(31-21)20-8-10-22(32-20)24-16-12-14(2)4-6-18(16)28-26(24)30;1-11-7-13-3-5-15-9-12(2)10-16-6-4-14(8-11)17(13)18(15)16;1-3-8(2)9-6-4-5-7-10-9/h3-12,27,29H,1-2H3;3-10H,1-2H3;4-8H,3H2,1-2H3. The number of hydrogen-bond acceptors (Lipinski definition) is 5. The summed E-state index contributed by atoms with van der Waals surface area (Å²) in [5.41, 5.74) is 8.56. The highest BCUT2D eigenvalue weighted by molar-refractivity contribution is 7.24. The summed E-state index contributed by atoms with van der Waals surface area (Å²) in [6, 6.07) is 44.4. The van der Waals surface area contributed by atoms with Crippen LogP contribution in [0.1, 0.15) is 59.0 Å². The molecule has 2 N–H and O–H groups in total. The van der Waals surface area contributed by atoms with Crippen LogP contribution in [0.2, 0.25) is 0 Å². The summed E-state index contributed by atoms with van der Waals surface area (Å²) in [4.78, 5) is 28.3. The SMILES string of the molecule is CCC(C)c1ccccn1.Cc1cc2ccc3cc(C)cc4ccc(c1)c2c34.Cc1ccc2c(c1)=C(c1ccc(-c3ccc(-c4c(O)[nH]c5ccc(C)cc45)s3)s1)C(=O)N=2. The number of amides is 1. The van der Waals surface area contributed by atoms with Crippen molar-refractivity contribution < 1.29 is 9.90 Å². The van der Waals surface area contributed by atoms with E-state index in [1.807, 2.05) is 74.6 Å². The van der Waals surface area contributed by atoms with Gasteiger partial charge in [-0.15, -0.1) is 22.7 Å². The van der Waals surface area contributed by atoms with E-state index in [-0.39, 0.29) is 11.8 Å². The smallest absolute Gasteiger partial charge is 0.279 e. The number of hydrogen-bond donors (Lipinski definition) is 2. The molecule has 1 atom stereocenters. The van der Waals surface area contributed by atoms with E-state index >= 15 is 0 Å². The second-order valence-electron chi connectivity index (χ2n) is 15.9. The minimum atomic E-state index is -0.176. The average molecular weight is 820 g/mol. The maximum atomic E-state index is 12.6. The van der Waals surface area contributed by atoms with Crippen LogP contribution >= 0.6 is 22.7 Å². The van der Waals surface area contributed by atoms with Crippen LogP contribution in [-0.4, -0.2) is 21.0 Å². The van der Waals surface area contributed by atoms with Gasteiger partial charge in [0.2, 0.25) is 0 Å². The molecule has 0 saturated carbocycles. The number of nitrogens with zero attached hydrogens (tertiary/aromatic N) is 2. The zero-order valence-corrected chi connectivity index (χ0v) is 36.2. The van der Waals surface area contributed by atoms with Gasteiger partial charge in [0.1, 0.15) is 0 Å². The molecule has 6 aromatic carbocycles. The molecule has 0 bridgehead atoms. The van der Waals surface area contributed by atoms with Gasteiger partial charge >= 0.3 is 0 Å². The lowest BCUT2D eigenvalue weighted by molar-refractivity contribution is -0.112. The van der Waals surface area contributed by atoms with E-state index in [1.165, 1.54) is 49.1 Å². The van der Waals surface area contributed by atoms with Crippen LogP contribution in [0.25, 0.3) is 69.0 Å². The molecular weight excluding hydrogens is 775 g/mol. The number of H-pyrrole nitrogens is 1.